The topological polar surface area (TPSA) is 147 Å². The normalized spacial score (nSPS) is 11.2. The number of hydrogen-bond acceptors (Lipinski definition) is 7. The van der Waals surface area contributed by atoms with E-state index in [1.165, 1.54) is 0 Å². The van der Waals surface area contributed by atoms with E-state index in [-0.39, 0.29) is 27.3 Å². The summed E-state index contributed by atoms with van der Waals surface area (Å²) in [5.41, 5.74) is 6.18. The summed E-state index contributed by atoms with van der Waals surface area (Å²) >= 11 is 0. The Hall–Kier alpha value is -1.20. The summed E-state index contributed by atoms with van der Waals surface area (Å²) < 4.78 is 0. The smallest absolute Gasteiger partial charge is 0.547 e. The Morgan fingerprint density at radius 3 is 1.35 bits per heavy atom. The summed E-state index contributed by atoms with van der Waals surface area (Å²) in [6.07, 6.45) is -2.69. The van der Waals surface area contributed by atoms with Crippen LogP contribution in [0.2, 0.25) is 0 Å². The second-order valence-electron chi connectivity index (χ2n) is 3.40. The first kappa shape index (κ1) is 23.9. The van der Waals surface area contributed by atoms with Crippen LogP contribution in [0.3, 0.4) is 0 Å². The van der Waals surface area contributed by atoms with Crippen molar-refractivity contribution in [2.24, 2.45) is 0 Å². The largest absolute Gasteiger partial charge is 2.00 e. The van der Waals surface area contributed by atoms with Crippen LogP contribution in [0.5, 0.6) is 0 Å². The van der Waals surface area contributed by atoms with Gasteiger partial charge in [-0.25, -0.2) is 0 Å². The molecular formula is C12H17CdNO6. The third-order valence-electron chi connectivity index (χ3n) is 1.48. The van der Waals surface area contributed by atoms with Crippen molar-refractivity contribution in [3.05, 3.63) is 30.3 Å². The van der Waals surface area contributed by atoms with E-state index in [4.69, 9.17) is 15.9 Å². The average Bonchev–Trinajstić information content (AvgIpc) is 2.31. The number of anilines is 1. The Balaban J connectivity index is -0.000000213. The minimum Gasteiger partial charge on any atom is -0.547 e. The zero-order chi connectivity index (χ0) is 15.4. The minimum absolute atomic E-state index is 0. The molecule has 0 saturated carbocycles. The second-order valence-corrected chi connectivity index (χ2v) is 3.40. The second kappa shape index (κ2) is 14.2. The summed E-state index contributed by atoms with van der Waals surface area (Å²) in [7, 11) is 0. The molecule has 2 atom stereocenters. The van der Waals surface area contributed by atoms with Crippen LogP contribution in [0.4, 0.5) is 5.69 Å². The van der Waals surface area contributed by atoms with Gasteiger partial charge in [-0.2, -0.15) is 0 Å². The summed E-state index contributed by atoms with van der Waals surface area (Å²) in [6.45, 7) is 2.27. The van der Waals surface area contributed by atoms with Crippen LogP contribution in [0.1, 0.15) is 13.8 Å². The molecule has 0 aliphatic carbocycles. The maximum absolute atomic E-state index is 9.34. The van der Waals surface area contributed by atoms with Gasteiger partial charge in [0.05, 0.1) is 24.1 Å². The number of para-hydroxylation sites is 1. The summed E-state index contributed by atoms with van der Waals surface area (Å²) in [6, 6.07) is 9.49. The van der Waals surface area contributed by atoms with E-state index in [9.17, 15) is 19.8 Å². The van der Waals surface area contributed by atoms with Gasteiger partial charge >= 0.3 is 27.3 Å². The van der Waals surface area contributed by atoms with Gasteiger partial charge < -0.3 is 35.7 Å². The van der Waals surface area contributed by atoms with E-state index < -0.39 is 24.1 Å². The van der Waals surface area contributed by atoms with Gasteiger partial charge in [-0.3, -0.25) is 0 Å². The van der Waals surface area contributed by atoms with Crippen molar-refractivity contribution in [2.45, 2.75) is 26.1 Å². The van der Waals surface area contributed by atoms with Crippen LogP contribution in [-0.2, 0) is 36.9 Å². The molecule has 4 N–H and O–H groups in total. The Morgan fingerprint density at radius 1 is 1.00 bits per heavy atom. The number of carbonyl (C=O) groups is 2. The predicted octanol–water partition coefficient (Wildman–Crippen LogP) is -2.50. The number of nitrogens with two attached hydrogens (primary N) is 1. The molecule has 20 heavy (non-hydrogen) atoms. The molecule has 0 aliphatic rings. The van der Waals surface area contributed by atoms with Crippen molar-refractivity contribution in [1.29, 1.82) is 0 Å². The van der Waals surface area contributed by atoms with E-state index in [0.29, 0.717) is 0 Å². The van der Waals surface area contributed by atoms with Gasteiger partial charge in [-0.05, 0) is 26.0 Å². The Bertz CT molecular complexity index is 351. The molecule has 8 heteroatoms. The van der Waals surface area contributed by atoms with Crippen LogP contribution in [0, 0.1) is 0 Å². The maximum Gasteiger partial charge on any atom is 2.00 e. The summed E-state index contributed by atoms with van der Waals surface area (Å²) in [4.78, 5) is 18.7. The van der Waals surface area contributed by atoms with Gasteiger partial charge in [0.2, 0.25) is 0 Å². The van der Waals surface area contributed by atoms with Crippen molar-refractivity contribution >= 4 is 17.6 Å². The summed E-state index contributed by atoms with van der Waals surface area (Å²) in [5.74, 6) is -2.87. The first-order valence-corrected chi connectivity index (χ1v) is 5.26. The molecule has 2 unspecified atom stereocenters. The van der Waals surface area contributed by atoms with Crippen molar-refractivity contribution < 1.29 is 57.3 Å². The number of nitrogen functional groups attached to an aromatic ring is 1. The number of benzene rings is 1. The van der Waals surface area contributed by atoms with E-state index in [1.807, 2.05) is 30.3 Å². The molecule has 1 aromatic rings. The number of aliphatic hydroxyl groups excluding tert-OH is 2. The zero-order valence-corrected chi connectivity index (χ0v) is 15.4. The van der Waals surface area contributed by atoms with Gasteiger partial charge in [-0.1, -0.05) is 18.2 Å². The van der Waals surface area contributed by atoms with Crippen LogP contribution in [0.25, 0.3) is 0 Å². The van der Waals surface area contributed by atoms with Crippen molar-refractivity contribution in [3.8, 4) is 0 Å². The van der Waals surface area contributed by atoms with E-state index in [1.54, 1.807) is 0 Å². The fourth-order valence-corrected chi connectivity index (χ4v) is 0.453. The molecule has 108 valence electrons. The van der Waals surface area contributed by atoms with Gasteiger partial charge in [0.25, 0.3) is 0 Å². The van der Waals surface area contributed by atoms with E-state index in [0.717, 1.165) is 19.5 Å². The molecule has 0 radical (unpaired) electrons. The molecule has 0 saturated heterocycles. The number of rotatable bonds is 2. The van der Waals surface area contributed by atoms with Crippen LogP contribution in [0.15, 0.2) is 30.3 Å². The Morgan fingerprint density at radius 2 is 1.25 bits per heavy atom. The van der Waals surface area contributed by atoms with Gasteiger partial charge in [0.1, 0.15) is 0 Å². The third-order valence-corrected chi connectivity index (χ3v) is 1.48. The monoisotopic (exact) mass is 385 g/mol. The maximum atomic E-state index is 9.34. The molecule has 0 bridgehead atoms. The van der Waals surface area contributed by atoms with Crippen LogP contribution < -0.4 is 15.9 Å². The standard InChI is InChI=1S/C6H7N.2C3H6O3.Cd/c7-6-4-2-1-3-5-6;2*1-2(4)3(5)6;/h1-5H,7H2;2*2,4H,1H3,(H,5,6);/q;;;+2/p-2. The predicted molar refractivity (Wildman–Crippen MR) is 64.2 cm³/mol. The molecule has 7 nitrogen and oxygen atoms in total. The Kier molecular flexibility index (Phi) is 17.0. The van der Waals surface area contributed by atoms with Crippen molar-refractivity contribution in [2.75, 3.05) is 5.73 Å². The first-order chi connectivity index (χ1) is 8.68. The zero-order valence-electron chi connectivity index (χ0n) is 11.4. The Labute approximate surface area is 137 Å². The molecule has 0 fully saturated rings. The van der Waals surface area contributed by atoms with E-state index in [2.05, 4.69) is 0 Å². The SMILES string of the molecule is CC(O)C(=O)[O-].CC(O)C(=O)[O-].Nc1ccccc1.[Cd+2]. The van der Waals surface area contributed by atoms with Gasteiger partial charge in [0, 0.05) is 5.69 Å². The summed E-state index contributed by atoms with van der Waals surface area (Å²) in [5, 5.41) is 34.6. The molecular weight excluding hydrogens is 367 g/mol. The molecule has 0 aromatic heterocycles. The molecule has 1 aromatic carbocycles. The molecule has 0 spiro atoms. The van der Waals surface area contributed by atoms with Crippen molar-refractivity contribution in [3.63, 3.8) is 0 Å². The molecule has 0 aliphatic heterocycles. The first-order valence-electron chi connectivity index (χ1n) is 5.26. The number of hydrogen-bond donors (Lipinski definition) is 3. The minimum atomic E-state index is -1.44. The van der Waals surface area contributed by atoms with Gasteiger partial charge in [0.15, 0.2) is 0 Å². The van der Waals surface area contributed by atoms with Crippen LogP contribution >= 0.6 is 0 Å². The molecule has 0 amide bonds. The molecule has 0 heterocycles. The fraction of sp³-hybridized carbons (Fsp3) is 0.333. The number of aliphatic hydroxyl groups is 2. The number of carboxylic acids is 2. The number of carboxylic acid groups (broad SMARTS) is 2. The van der Waals surface area contributed by atoms with Crippen LogP contribution in [-0.4, -0.2) is 34.4 Å². The quantitative estimate of drug-likeness (QED) is 0.378. The fourth-order valence-electron chi connectivity index (χ4n) is 0.453. The number of carbonyl (C=O) groups excluding carboxylic acids is 2. The number of aliphatic carboxylic acids is 2. The molecule has 1 rings (SSSR count). The van der Waals surface area contributed by atoms with Gasteiger partial charge in [-0.15, -0.1) is 0 Å². The van der Waals surface area contributed by atoms with E-state index >= 15 is 0 Å². The third kappa shape index (κ3) is 19.1. The average molecular weight is 384 g/mol. The van der Waals surface area contributed by atoms with Crippen molar-refractivity contribution in [1.82, 2.24) is 0 Å².